The molecule has 0 aliphatic carbocycles. The number of nitrogens with zero attached hydrogens (tertiary/aromatic N) is 1. The molecule has 0 spiro atoms. The summed E-state index contributed by atoms with van der Waals surface area (Å²) < 4.78 is 73.0. The molecule has 0 radical (unpaired) electrons. The fourth-order valence-corrected chi connectivity index (χ4v) is 7.80. The zero-order valence-electron chi connectivity index (χ0n) is 34.1. The summed E-state index contributed by atoms with van der Waals surface area (Å²) in [4.78, 5) is 72.7. The predicted octanol–water partition coefficient (Wildman–Crippen LogP) is 4.28. The van der Waals surface area contributed by atoms with Gasteiger partial charge in [-0.25, -0.2) is 22.0 Å². The number of carbonyl (C=O) groups is 5. The molecule has 9 N–H and O–H groups in total. The number of hydrogen-bond donors (Lipinski definition) is 7. The number of amides is 4. The quantitative estimate of drug-likeness (QED) is 0.0292. The minimum absolute atomic E-state index is 0.0248. The first-order valence-electron chi connectivity index (χ1n) is 20.6. The highest BCUT2D eigenvalue weighted by Gasteiger charge is 2.36. The summed E-state index contributed by atoms with van der Waals surface area (Å²) in [6.45, 7) is 0.489. The average Bonchev–Trinajstić information content (AvgIpc) is 3.70. The Kier molecular flexibility index (Phi) is 15.1. The van der Waals surface area contributed by atoms with Crippen molar-refractivity contribution in [2.75, 3.05) is 19.6 Å². The Bertz CT molecular complexity index is 2460. The van der Waals surface area contributed by atoms with Crippen molar-refractivity contribution in [3.8, 4) is 0 Å². The van der Waals surface area contributed by atoms with Crippen LogP contribution in [0.3, 0.4) is 0 Å². The van der Waals surface area contributed by atoms with Gasteiger partial charge in [0.25, 0.3) is 0 Å². The molecule has 4 atom stereocenters. The van der Waals surface area contributed by atoms with Crippen molar-refractivity contribution in [2.45, 2.75) is 75.5 Å². The molecule has 18 heteroatoms. The van der Waals surface area contributed by atoms with Crippen molar-refractivity contribution < 1.29 is 51.0 Å². The number of aliphatic carboxylic acids is 1. The molecular weight excluding hydrogens is 830 g/mol. The summed E-state index contributed by atoms with van der Waals surface area (Å²) in [6.07, 6.45) is 1.41. The Labute approximate surface area is 358 Å². The maximum atomic E-state index is 15.1. The van der Waals surface area contributed by atoms with E-state index in [2.05, 4.69) is 20.9 Å². The van der Waals surface area contributed by atoms with E-state index < -0.39 is 101 Å². The zero-order chi connectivity index (χ0) is 45.4. The van der Waals surface area contributed by atoms with Crippen LogP contribution in [0.15, 0.2) is 72.9 Å². The van der Waals surface area contributed by atoms with E-state index in [-0.39, 0.29) is 51.7 Å². The highest BCUT2D eigenvalue weighted by Crippen LogP contribution is 2.26. The number of nitrogens with two attached hydrogens (primary N) is 2. The summed E-state index contributed by atoms with van der Waals surface area (Å²) in [5.41, 5.74) is 12.0. The van der Waals surface area contributed by atoms with Crippen LogP contribution in [0.2, 0.25) is 0 Å². The second-order valence-electron chi connectivity index (χ2n) is 15.7. The third-order valence-electron chi connectivity index (χ3n) is 11.4. The van der Waals surface area contributed by atoms with Crippen molar-refractivity contribution in [2.24, 2.45) is 17.4 Å². The first-order valence-corrected chi connectivity index (χ1v) is 20.6. The number of aromatic nitrogens is 1. The highest BCUT2D eigenvalue weighted by atomic mass is 19.2. The van der Waals surface area contributed by atoms with Crippen molar-refractivity contribution in [3.05, 3.63) is 119 Å². The van der Waals surface area contributed by atoms with Gasteiger partial charge >= 0.3 is 5.97 Å². The number of para-hydroxylation sites is 1. The van der Waals surface area contributed by atoms with Crippen molar-refractivity contribution >= 4 is 51.3 Å². The van der Waals surface area contributed by atoms with E-state index in [0.29, 0.717) is 34.9 Å². The Morgan fingerprint density at radius 1 is 0.714 bits per heavy atom. The Morgan fingerprint density at radius 2 is 1.30 bits per heavy atom. The lowest BCUT2D eigenvalue weighted by Crippen LogP contribution is -2.59. The number of carboxylic acid groups (broad SMARTS) is 1. The number of likely N-dealkylation sites (tertiary alicyclic amines) is 1. The molecule has 0 saturated carbocycles. The Hall–Kier alpha value is -6.40. The summed E-state index contributed by atoms with van der Waals surface area (Å²) in [5.74, 6) is -16.7. The molecule has 1 fully saturated rings. The molecule has 5 aromatic rings. The van der Waals surface area contributed by atoms with Crippen LogP contribution in [-0.4, -0.2) is 88.4 Å². The van der Waals surface area contributed by atoms with Gasteiger partial charge in [-0.2, -0.15) is 0 Å². The number of rotatable bonds is 18. The van der Waals surface area contributed by atoms with Crippen LogP contribution >= 0.6 is 0 Å². The van der Waals surface area contributed by atoms with E-state index >= 15 is 8.78 Å². The van der Waals surface area contributed by atoms with Crippen LogP contribution in [-0.2, 0) is 43.2 Å². The van der Waals surface area contributed by atoms with Gasteiger partial charge in [-0.15, -0.1) is 0 Å². The second kappa shape index (κ2) is 20.6. The minimum Gasteiger partial charge on any atom is -0.481 e. The Morgan fingerprint density at radius 3 is 1.97 bits per heavy atom. The number of aromatic amines is 1. The fourth-order valence-electron chi connectivity index (χ4n) is 7.80. The number of H-pyrrole nitrogens is 1. The Balaban J connectivity index is 1.34. The molecular formula is C45H48F5N7O6. The minimum atomic E-state index is -2.42. The molecule has 4 aromatic carbocycles. The second-order valence-corrected chi connectivity index (χ2v) is 15.7. The third kappa shape index (κ3) is 11.0. The number of carbonyl (C=O) groups excluding carboxylic acids is 4. The summed E-state index contributed by atoms with van der Waals surface area (Å²) in [6, 6.07) is 13.9. The molecule has 1 saturated heterocycles. The maximum Gasteiger partial charge on any atom is 0.306 e. The molecule has 334 valence electrons. The SMILES string of the molecule is NCCCC[C@H](N)C(=O)N[C@@H](Cc1c(F)c(F)c(F)c(F)c1F)C(=O)N[C@H](Cc1c[nH]c2ccccc12)C(=O)N[C@H](Cc1ccc2ccccc2c1)C(=O)N1CCC(C(=O)O)CC1. The lowest BCUT2D eigenvalue weighted by molar-refractivity contribution is -0.146. The summed E-state index contributed by atoms with van der Waals surface area (Å²) in [7, 11) is 0. The molecule has 13 nitrogen and oxygen atoms in total. The van der Waals surface area contributed by atoms with E-state index in [9.17, 15) is 42.3 Å². The highest BCUT2D eigenvalue weighted by molar-refractivity contribution is 5.96. The van der Waals surface area contributed by atoms with Crippen molar-refractivity contribution in [1.82, 2.24) is 25.8 Å². The van der Waals surface area contributed by atoms with E-state index in [0.717, 1.165) is 10.8 Å². The number of fused-ring (bicyclic) bond motifs is 2. The zero-order valence-corrected chi connectivity index (χ0v) is 34.1. The standard InChI is InChI=1S/C45H48F5N7O6/c46-36-30(37(47)39(49)40(50)38(36)48)22-34(54-41(58)31(52)10-5-6-16-51)43(60)55-33(21-28-23-53-32-11-4-3-9-29(28)32)42(59)56-35(44(61)57-17-14-26(15-18-57)45(62)63)20-24-12-13-25-7-1-2-8-27(25)19-24/h1-4,7-9,11-13,19,23,26,31,33-35,53H,5-6,10,14-18,20-22,51-52H2,(H,54,58)(H,55,60)(H,56,59)(H,62,63)/t31-,33+,34-,35+/m0/s1. The van der Waals surface area contributed by atoms with Gasteiger partial charge < -0.3 is 42.4 Å². The number of nitrogens with one attached hydrogen (secondary N) is 4. The van der Waals surface area contributed by atoms with E-state index in [1.165, 1.54) is 4.90 Å². The molecule has 1 aliphatic rings. The van der Waals surface area contributed by atoms with Crippen LogP contribution < -0.4 is 27.4 Å². The van der Waals surface area contributed by atoms with E-state index in [1.54, 1.807) is 36.5 Å². The number of benzene rings is 4. The number of hydrogen-bond acceptors (Lipinski definition) is 7. The lowest BCUT2D eigenvalue weighted by Gasteiger charge is -2.33. The number of halogens is 5. The molecule has 63 heavy (non-hydrogen) atoms. The van der Waals surface area contributed by atoms with E-state index in [1.807, 2.05) is 36.4 Å². The van der Waals surface area contributed by atoms with E-state index in [4.69, 9.17) is 11.5 Å². The van der Waals surface area contributed by atoms with Gasteiger partial charge in [0.2, 0.25) is 29.4 Å². The maximum absolute atomic E-state index is 15.1. The third-order valence-corrected chi connectivity index (χ3v) is 11.4. The van der Waals surface area contributed by atoms with Gasteiger partial charge in [-0.05, 0) is 60.2 Å². The first kappa shape index (κ1) is 46.1. The molecule has 6 rings (SSSR count). The van der Waals surface area contributed by atoms with Gasteiger partial charge in [0.05, 0.1) is 12.0 Å². The van der Waals surface area contributed by atoms with Crippen LogP contribution in [0.1, 0.15) is 48.8 Å². The summed E-state index contributed by atoms with van der Waals surface area (Å²) >= 11 is 0. The van der Waals surface area contributed by atoms with Gasteiger partial charge in [0.1, 0.15) is 18.1 Å². The lowest BCUT2D eigenvalue weighted by atomic mass is 9.95. The predicted molar refractivity (Wildman–Crippen MR) is 223 cm³/mol. The van der Waals surface area contributed by atoms with Crippen LogP contribution in [0.5, 0.6) is 0 Å². The van der Waals surface area contributed by atoms with Gasteiger partial charge in [0, 0.05) is 55.0 Å². The molecule has 0 unspecified atom stereocenters. The normalized spacial score (nSPS) is 15.1. The van der Waals surface area contributed by atoms with Gasteiger partial charge in [0.15, 0.2) is 23.3 Å². The van der Waals surface area contributed by atoms with Crippen LogP contribution in [0.4, 0.5) is 22.0 Å². The number of piperidine rings is 1. The largest absolute Gasteiger partial charge is 0.481 e. The molecule has 0 bridgehead atoms. The number of unbranched alkanes of at least 4 members (excludes halogenated alkanes) is 1. The van der Waals surface area contributed by atoms with Gasteiger partial charge in [-0.1, -0.05) is 67.1 Å². The number of carboxylic acids is 1. The fraction of sp³-hybridized carbons (Fsp3) is 0.356. The first-order chi connectivity index (χ1) is 30.2. The molecule has 1 aromatic heterocycles. The molecule has 2 heterocycles. The molecule has 1 aliphatic heterocycles. The van der Waals surface area contributed by atoms with Crippen molar-refractivity contribution in [3.63, 3.8) is 0 Å². The summed E-state index contributed by atoms with van der Waals surface area (Å²) in [5, 5.41) is 19.6. The topological polar surface area (TPSA) is 213 Å². The van der Waals surface area contributed by atoms with Crippen LogP contribution in [0.25, 0.3) is 21.7 Å². The molecule has 4 amide bonds. The van der Waals surface area contributed by atoms with Crippen LogP contribution in [0, 0.1) is 35.0 Å². The van der Waals surface area contributed by atoms with Gasteiger partial charge in [-0.3, -0.25) is 24.0 Å². The monoisotopic (exact) mass is 877 g/mol. The van der Waals surface area contributed by atoms with Crippen molar-refractivity contribution in [1.29, 1.82) is 0 Å². The average molecular weight is 878 g/mol. The smallest absolute Gasteiger partial charge is 0.306 e.